The summed E-state index contributed by atoms with van der Waals surface area (Å²) in [4.78, 5) is 16.3. The molecule has 5 heteroatoms. The number of nitrogens with one attached hydrogen (secondary N) is 1. The van der Waals surface area contributed by atoms with Crippen LogP contribution in [0.2, 0.25) is 0 Å². The molecule has 2 aromatic rings. The predicted octanol–water partition coefficient (Wildman–Crippen LogP) is 1.96. The first-order chi connectivity index (χ1) is 8.16. The average Bonchev–Trinajstić information content (AvgIpc) is 2.67. The van der Waals surface area contributed by atoms with E-state index in [1.165, 1.54) is 11.3 Å². The Morgan fingerprint density at radius 1 is 1.41 bits per heavy atom. The van der Waals surface area contributed by atoms with Gasteiger partial charge in [-0.3, -0.25) is 4.79 Å². The van der Waals surface area contributed by atoms with Crippen LogP contribution in [0.4, 0.5) is 5.82 Å². The summed E-state index contributed by atoms with van der Waals surface area (Å²) in [6.45, 7) is 2.32. The minimum Gasteiger partial charge on any atom is -0.382 e. The van der Waals surface area contributed by atoms with Gasteiger partial charge in [0.15, 0.2) is 0 Å². The van der Waals surface area contributed by atoms with Gasteiger partial charge in [0.1, 0.15) is 10.7 Å². The molecule has 88 valence electrons. The number of hydrogen-bond donors (Lipinski definition) is 2. The fourth-order valence-corrected chi connectivity index (χ4v) is 2.22. The normalized spacial score (nSPS) is 10.2. The van der Waals surface area contributed by atoms with E-state index >= 15 is 0 Å². The average molecular weight is 247 g/mol. The van der Waals surface area contributed by atoms with Crippen molar-refractivity contribution < 1.29 is 4.79 Å². The zero-order chi connectivity index (χ0) is 12.3. The first kappa shape index (κ1) is 11.6. The third-order valence-electron chi connectivity index (χ3n) is 2.26. The van der Waals surface area contributed by atoms with E-state index in [0.717, 1.165) is 10.6 Å². The molecule has 1 aromatic carbocycles. The van der Waals surface area contributed by atoms with Gasteiger partial charge in [-0.05, 0) is 12.5 Å². The molecule has 1 aromatic heterocycles. The van der Waals surface area contributed by atoms with E-state index in [9.17, 15) is 4.79 Å². The van der Waals surface area contributed by atoms with E-state index in [-0.39, 0.29) is 5.91 Å². The zero-order valence-corrected chi connectivity index (χ0v) is 10.3. The number of benzene rings is 1. The number of aryl methyl sites for hydroxylation is 1. The highest BCUT2D eigenvalue weighted by Crippen LogP contribution is 2.19. The summed E-state index contributed by atoms with van der Waals surface area (Å²) in [5.74, 6) is 0.134. The fourth-order valence-electron chi connectivity index (χ4n) is 1.46. The van der Waals surface area contributed by atoms with Gasteiger partial charge in [-0.1, -0.05) is 30.3 Å². The lowest BCUT2D eigenvalue weighted by atomic mass is 10.2. The molecular weight excluding hydrogens is 234 g/mol. The molecule has 0 radical (unpaired) electrons. The molecular formula is C12H13N3OS. The number of carbonyl (C=O) groups excluding carboxylic acids is 1. The summed E-state index contributed by atoms with van der Waals surface area (Å²) < 4.78 is 0. The van der Waals surface area contributed by atoms with Crippen LogP contribution in [0.5, 0.6) is 0 Å². The van der Waals surface area contributed by atoms with Crippen molar-refractivity contribution in [1.29, 1.82) is 0 Å². The Bertz CT molecular complexity index is 522. The first-order valence-electron chi connectivity index (χ1n) is 5.22. The number of anilines is 1. The summed E-state index contributed by atoms with van der Waals surface area (Å²) in [5, 5.41) is 3.62. The highest BCUT2D eigenvalue weighted by Gasteiger charge is 2.13. The molecule has 0 aliphatic carbocycles. The van der Waals surface area contributed by atoms with Crippen LogP contribution in [-0.2, 0) is 6.54 Å². The van der Waals surface area contributed by atoms with Crippen molar-refractivity contribution >= 4 is 23.1 Å². The van der Waals surface area contributed by atoms with E-state index in [4.69, 9.17) is 5.73 Å². The van der Waals surface area contributed by atoms with Crippen LogP contribution in [0.15, 0.2) is 30.3 Å². The van der Waals surface area contributed by atoms with E-state index in [0.29, 0.717) is 17.2 Å². The number of thiazole rings is 1. The van der Waals surface area contributed by atoms with Crippen LogP contribution in [0.1, 0.15) is 20.2 Å². The van der Waals surface area contributed by atoms with Gasteiger partial charge in [-0.25, -0.2) is 4.98 Å². The number of hydrogen-bond acceptors (Lipinski definition) is 4. The molecule has 0 aliphatic heterocycles. The Morgan fingerprint density at radius 3 is 2.71 bits per heavy atom. The molecule has 2 rings (SSSR count). The number of nitrogens with two attached hydrogens (primary N) is 1. The maximum Gasteiger partial charge on any atom is 0.265 e. The lowest BCUT2D eigenvalue weighted by molar-refractivity contribution is 0.0955. The first-order valence-corrected chi connectivity index (χ1v) is 6.03. The van der Waals surface area contributed by atoms with Crippen molar-refractivity contribution in [3.05, 3.63) is 45.8 Å². The van der Waals surface area contributed by atoms with Gasteiger partial charge in [0, 0.05) is 6.54 Å². The maximum absolute atomic E-state index is 11.8. The van der Waals surface area contributed by atoms with Crippen molar-refractivity contribution in [2.24, 2.45) is 0 Å². The summed E-state index contributed by atoms with van der Waals surface area (Å²) in [5.41, 5.74) is 6.71. The summed E-state index contributed by atoms with van der Waals surface area (Å²) in [7, 11) is 0. The van der Waals surface area contributed by atoms with Crippen molar-refractivity contribution in [1.82, 2.24) is 10.3 Å². The minimum atomic E-state index is -0.169. The largest absolute Gasteiger partial charge is 0.382 e. The quantitative estimate of drug-likeness (QED) is 0.871. The SMILES string of the molecule is Cc1nc(N)c(C(=O)NCc2ccccc2)s1. The molecule has 0 atom stereocenters. The Labute approximate surface area is 103 Å². The smallest absolute Gasteiger partial charge is 0.265 e. The van der Waals surface area contributed by atoms with Gasteiger partial charge in [0.25, 0.3) is 5.91 Å². The Morgan fingerprint density at radius 2 is 2.12 bits per heavy atom. The molecule has 0 fully saturated rings. The van der Waals surface area contributed by atoms with E-state index in [1.54, 1.807) is 0 Å². The van der Waals surface area contributed by atoms with E-state index in [2.05, 4.69) is 10.3 Å². The van der Waals surface area contributed by atoms with Crippen molar-refractivity contribution in [2.45, 2.75) is 13.5 Å². The van der Waals surface area contributed by atoms with Gasteiger partial charge >= 0.3 is 0 Å². The molecule has 0 bridgehead atoms. The second-order valence-corrected chi connectivity index (χ2v) is 4.82. The minimum absolute atomic E-state index is 0.169. The molecule has 0 unspecified atom stereocenters. The molecule has 4 nitrogen and oxygen atoms in total. The van der Waals surface area contributed by atoms with E-state index in [1.807, 2.05) is 37.3 Å². The molecule has 0 aliphatic rings. The Kier molecular flexibility index (Phi) is 3.39. The Balaban J connectivity index is 2.01. The number of rotatable bonds is 3. The number of amides is 1. The van der Waals surface area contributed by atoms with E-state index < -0.39 is 0 Å². The van der Waals surface area contributed by atoms with Crippen LogP contribution < -0.4 is 11.1 Å². The number of carbonyl (C=O) groups is 1. The van der Waals surface area contributed by atoms with Crippen LogP contribution in [0.3, 0.4) is 0 Å². The van der Waals surface area contributed by atoms with Gasteiger partial charge in [-0.2, -0.15) is 0 Å². The summed E-state index contributed by atoms with van der Waals surface area (Å²) in [6, 6.07) is 9.73. The second kappa shape index (κ2) is 4.97. The third kappa shape index (κ3) is 2.82. The molecule has 1 amide bonds. The monoisotopic (exact) mass is 247 g/mol. The molecule has 0 saturated carbocycles. The van der Waals surface area contributed by atoms with Gasteiger partial charge < -0.3 is 11.1 Å². The van der Waals surface area contributed by atoms with Gasteiger partial charge in [0.2, 0.25) is 0 Å². The lowest BCUT2D eigenvalue weighted by Gasteiger charge is -2.03. The highest BCUT2D eigenvalue weighted by atomic mass is 32.1. The van der Waals surface area contributed by atoms with Crippen molar-refractivity contribution in [2.75, 3.05) is 5.73 Å². The molecule has 3 N–H and O–H groups in total. The number of aromatic nitrogens is 1. The maximum atomic E-state index is 11.8. The topological polar surface area (TPSA) is 68.0 Å². The number of nitrogen functional groups attached to an aromatic ring is 1. The third-order valence-corrected chi connectivity index (χ3v) is 3.25. The van der Waals surface area contributed by atoms with Crippen molar-refractivity contribution in [3.8, 4) is 0 Å². The highest BCUT2D eigenvalue weighted by molar-refractivity contribution is 7.14. The fraction of sp³-hybridized carbons (Fsp3) is 0.167. The predicted molar refractivity (Wildman–Crippen MR) is 68.9 cm³/mol. The second-order valence-electron chi connectivity index (χ2n) is 3.62. The zero-order valence-electron chi connectivity index (χ0n) is 9.43. The van der Waals surface area contributed by atoms with Crippen LogP contribution >= 0.6 is 11.3 Å². The molecule has 17 heavy (non-hydrogen) atoms. The van der Waals surface area contributed by atoms with Gasteiger partial charge in [-0.15, -0.1) is 11.3 Å². The number of nitrogens with zero attached hydrogens (tertiary/aromatic N) is 1. The Hall–Kier alpha value is -1.88. The summed E-state index contributed by atoms with van der Waals surface area (Å²) >= 11 is 1.31. The van der Waals surface area contributed by atoms with Gasteiger partial charge in [0.05, 0.1) is 5.01 Å². The summed E-state index contributed by atoms with van der Waals surface area (Å²) in [6.07, 6.45) is 0. The standard InChI is InChI=1S/C12H13N3OS/c1-8-15-11(13)10(17-8)12(16)14-7-9-5-3-2-4-6-9/h2-6H,7,13H2,1H3,(H,14,16). The molecule has 0 saturated heterocycles. The molecule has 1 heterocycles. The van der Waals surface area contributed by atoms with Crippen LogP contribution in [0, 0.1) is 6.92 Å². The van der Waals surface area contributed by atoms with Crippen LogP contribution in [-0.4, -0.2) is 10.9 Å². The lowest BCUT2D eigenvalue weighted by Crippen LogP contribution is -2.22. The van der Waals surface area contributed by atoms with Crippen molar-refractivity contribution in [3.63, 3.8) is 0 Å². The molecule has 0 spiro atoms. The van der Waals surface area contributed by atoms with Crippen LogP contribution in [0.25, 0.3) is 0 Å².